The van der Waals surface area contributed by atoms with Crippen molar-refractivity contribution in [2.24, 2.45) is 0 Å². The maximum Gasteiger partial charge on any atom is 0.243 e. The molecule has 1 heterocycles. The van der Waals surface area contributed by atoms with E-state index in [9.17, 15) is 23.2 Å². The number of hydrogen-bond acceptors (Lipinski definition) is 5. The summed E-state index contributed by atoms with van der Waals surface area (Å²) in [6.07, 6.45) is 3.07. The Morgan fingerprint density at radius 1 is 1.00 bits per heavy atom. The largest absolute Gasteiger partial charge is 0.383 e. The van der Waals surface area contributed by atoms with Crippen LogP contribution in [-0.2, 0) is 32.0 Å². The lowest BCUT2D eigenvalue weighted by atomic mass is 10.1. The van der Waals surface area contributed by atoms with Crippen molar-refractivity contribution in [2.75, 3.05) is 20.3 Å². The van der Waals surface area contributed by atoms with Gasteiger partial charge in [0.1, 0.15) is 23.7 Å². The van der Waals surface area contributed by atoms with E-state index in [1.54, 1.807) is 24.5 Å². The third-order valence-electron chi connectivity index (χ3n) is 4.49. The number of carbonyl (C=O) groups is 3. The highest BCUT2D eigenvalue weighted by Crippen LogP contribution is 2.09. The number of nitrogens with zero attached hydrogens (tertiary/aromatic N) is 1. The van der Waals surface area contributed by atoms with Crippen molar-refractivity contribution in [3.05, 3.63) is 65.5 Å². The van der Waals surface area contributed by atoms with Crippen LogP contribution in [0.4, 0.5) is 8.78 Å². The van der Waals surface area contributed by atoms with Gasteiger partial charge >= 0.3 is 0 Å². The van der Waals surface area contributed by atoms with Gasteiger partial charge in [-0.05, 0) is 42.3 Å². The van der Waals surface area contributed by atoms with Crippen LogP contribution < -0.4 is 16.0 Å². The number of halogens is 2. The summed E-state index contributed by atoms with van der Waals surface area (Å²) in [5.74, 6) is -3.16. The Kier molecular flexibility index (Phi) is 9.68. The number of amides is 3. The molecule has 3 amide bonds. The number of rotatable bonds is 11. The molecular formula is C22H26F2N4O4. The summed E-state index contributed by atoms with van der Waals surface area (Å²) >= 11 is 0. The highest BCUT2D eigenvalue weighted by atomic mass is 19.1. The van der Waals surface area contributed by atoms with E-state index in [1.165, 1.54) is 14.0 Å². The maximum atomic E-state index is 13.3. The first kappa shape index (κ1) is 24.9. The van der Waals surface area contributed by atoms with E-state index in [0.29, 0.717) is 12.7 Å². The second-order valence-electron chi connectivity index (χ2n) is 7.15. The lowest BCUT2D eigenvalue weighted by Gasteiger charge is -2.21. The molecule has 0 unspecified atom stereocenters. The number of benzene rings is 1. The van der Waals surface area contributed by atoms with E-state index in [-0.39, 0.29) is 24.9 Å². The molecular weight excluding hydrogens is 422 g/mol. The molecule has 0 fully saturated rings. The van der Waals surface area contributed by atoms with Crippen LogP contribution >= 0.6 is 0 Å². The summed E-state index contributed by atoms with van der Waals surface area (Å²) in [4.78, 5) is 41.3. The predicted molar refractivity (Wildman–Crippen MR) is 112 cm³/mol. The molecule has 172 valence electrons. The van der Waals surface area contributed by atoms with Gasteiger partial charge in [0.25, 0.3) is 0 Å². The molecule has 0 radical (unpaired) electrons. The molecule has 10 heteroatoms. The molecule has 0 spiro atoms. The Morgan fingerprint density at radius 3 is 2.28 bits per heavy atom. The summed E-state index contributed by atoms with van der Waals surface area (Å²) in [6, 6.07) is 4.38. The molecule has 0 saturated carbocycles. The molecule has 0 bridgehead atoms. The van der Waals surface area contributed by atoms with Crippen LogP contribution in [0.25, 0.3) is 0 Å². The predicted octanol–water partition coefficient (Wildman–Crippen LogP) is 0.897. The summed E-state index contributed by atoms with van der Waals surface area (Å²) < 4.78 is 31.5. The summed E-state index contributed by atoms with van der Waals surface area (Å²) in [6.45, 7) is 2.04. The first-order valence-corrected chi connectivity index (χ1v) is 9.98. The average Bonchev–Trinajstić information content (AvgIpc) is 2.73. The average molecular weight is 448 g/mol. The summed E-state index contributed by atoms with van der Waals surface area (Å²) in [5, 5.41) is 7.78. The lowest BCUT2D eigenvalue weighted by Crippen LogP contribution is -2.54. The molecule has 1 aromatic heterocycles. The van der Waals surface area contributed by atoms with Crippen LogP contribution in [0.15, 0.2) is 42.7 Å². The molecule has 3 N–H and O–H groups in total. The van der Waals surface area contributed by atoms with E-state index in [2.05, 4.69) is 20.9 Å². The zero-order chi connectivity index (χ0) is 23.5. The van der Waals surface area contributed by atoms with Gasteiger partial charge in [0.15, 0.2) is 0 Å². The quantitative estimate of drug-likeness (QED) is 0.443. The molecule has 0 saturated heterocycles. The molecule has 2 aromatic rings. The normalized spacial score (nSPS) is 12.5. The molecule has 1 aromatic carbocycles. The van der Waals surface area contributed by atoms with Gasteiger partial charge in [-0.3, -0.25) is 19.4 Å². The number of nitrogens with one attached hydrogen (secondary N) is 3. The fourth-order valence-corrected chi connectivity index (χ4v) is 2.92. The topological polar surface area (TPSA) is 109 Å². The first-order chi connectivity index (χ1) is 15.3. The number of aromatic nitrogens is 1. The van der Waals surface area contributed by atoms with Crippen LogP contribution in [-0.4, -0.2) is 55.1 Å². The van der Waals surface area contributed by atoms with E-state index < -0.39 is 41.4 Å². The van der Waals surface area contributed by atoms with Crippen LogP contribution in [0.2, 0.25) is 0 Å². The van der Waals surface area contributed by atoms with Gasteiger partial charge in [-0.2, -0.15) is 0 Å². The molecule has 32 heavy (non-hydrogen) atoms. The molecule has 0 aliphatic carbocycles. The zero-order valence-corrected chi connectivity index (χ0v) is 17.9. The Hall–Kier alpha value is -3.40. The van der Waals surface area contributed by atoms with E-state index in [4.69, 9.17) is 4.74 Å². The SMILES string of the molecule is COCCNC(=O)[C@H](Cc1ccncc1)NC(=O)[C@H](C)NC(=O)Cc1cc(F)cc(F)c1. The van der Waals surface area contributed by atoms with E-state index >= 15 is 0 Å². The van der Waals surface area contributed by atoms with Gasteiger partial charge in [0.05, 0.1) is 13.0 Å². The highest BCUT2D eigenvalue weighted by molar-refractivity contribution is 5.92. The second-order valence-corrected chi connectivity index (χ2v) is 7.15. The third-order valence-corrected chi connectivity index (χ3v) is 4.49. The van der Waals surface area contributed by atoms with Crippen LogP contribution in [0.3, 0.4) is 0 Å². The molecule has 2 rings (SSSR count). The van der Waals surface area contributed by atoms with Crippen LogP contribution in [0.5, 0.6) is 0 Å². The Labute approximate surface area is 184 Å². The third kappa shape index (κ3) is 8.38. The molecule has 2 atom stereocenters. The van der Waals surface area contributed by atoms with Gasteiger partial charge in [-0.25, -0.2) is 8.78 Å². The number of methoxy groups -OCH3 is 1. The summed E-state index contributed by atoms with van der Waals surface area (Å²) in [7, 11) is 1.50. The van der Waals surface area contributed by atoms with Gasteiger partial charge in [0.2, 0.25) is 17.7 Å². The van der Waals surface area contributed by atoms with Crippen molar-refractivity contribution in [3.8, 4) is 0 Å². The Morgan fingerprint density at radius 2 is 1.66 bits per heavy atom. The fourth-order valence-electron chi connectivity index (χ4n) is 2.92. The van der Waals surface area contributed by atoms with Crippen molar-refractivity contribution < 1.29 is 27.9 Å². The van der Waals surface area contributed by atoms with Crippen molar-refractivity contribution in [3.63, 3.8) is 0 Å². The number of ether oxygens (including phenoxy) is 1. The van der Waals surface area contributed by atoms with Crippen molar-refractivity contribution in [1.82, 2.24) is 20.9 Å². The van der Waals surface area contributed by atoms with Crippen molar-refractivity contribution >= 4 is 17.7 Å². The lowest BCUT2D eigenvalue weighted by molar-refractivity contribution is -0.131. The Bertz CT molecular complexity index is 907. The first-order valence-electron chi connectivity index (χ1n) is 9.98. The fraction of sp³-hybridized carbons (Fsp3) is 0.364. The monoisotopic (exact) mass is 448 g/mol. The van der Waals surface area contributed by atoms with Gasteiger partial charge < -0.3 is 20.7 Å². The van der Waals surface area contributed by atoms with Gasteiger partial charge in [0, 0.05) is 38.5 Å². The van der Waals surface area contributed by atoms with E-state index in [1.807, 2.05) is 0 Å². The Balaban J connectivity index is 1.98. The minimum absolute atomic E-state index is 0.140. The maximum absolute atomic E-state index is 13.3. The highest BCUT2D eigenvalue weighted by Gasteiger charge is 2.24. The van der Waals surface area contributed by atoms with Gasteiger partial charge in [-0.1, -0.05) is 0 Å². The van der Waals surface area contributed by atoms with Gasteiger partial charge in [-0.15, -0.1) is 0 Å². The minimum Gasteiger partial charge on any atom is -0.383 e. The van der Waals surface area contributed by atoms with Crippen LogP contribution in [0, 0.1) is 11.6 Å². The smallest absolute Gasteiger partial charge is 0.243 e. The molecule has 0 aliphatic heterocycles. The zero-order valence-electron chi connectivity index (χ0n) is 17.9. The summed E-state index contributed by atoms with van der Waals surface area (Å²) in [5.41, 5.74) is 0.928. The standard InChI is InChI=1S/C22H26F2N4O4/c1-14(27-20(29)12-16-9-17(23)13-18(24)10-16)21(30)28-19(22(31)26-7-8-32-2)11-15-3-5-25-6-4-15/h3-6,9-10,13-14,19H,7-8,11-12H2,1-2H3,(H,26,31)(H,27,29)(H,28,30)/t14-,19-/m0/s1. The van der Waals surface area contributed by atoms with E-state index in [0.717, 1.165) is 17.7 Å². The molecule has 0 aliphatic rings. The molecule has 8 nitrogen and oxygen atoms in total. The number of pyridine rings is 1. The number of hydrogen-bond donors (Lipinski definition) is 3. The van der Waals surface area contributed by atoms with Crippen LogP contribution in [0.1, 0.15) is 18.1 Å². The second kappa shape index (κ2) is 12.5. The van der Waals surface area contributed by atoms with Crippen molar-refractivity contribution in [1.29, 1.82) is 0 Å². The minimum atomic E-state index is -0.979. The van der Waals surface area contributed by atoms with Crippen molar-refractivity contribution in [2.45, 2.75) is 31.8 Å². The number of carbonyl (C=O) groups excluding carboxylic acids is 3.